The Morgan fingerprint density at radius 3 is 2.24 bits per heavy atom. The highest BCUT2D eigenvalue weighted by atomic mass is 35.5. The molecule has 2 aromatic rings. The van der Waals surface area contributed by atoms with Gasteiger partial charge >= 0.3 is 0 Å². The molecule has 8 heteroatoms. The molecule has 0 aromatic heterocycles. The van der Waals surface area contributed by atoms with Crippen molar-refractivity contribution in [3.8, 4) is 11.5 Å². The van der Waals surface area contributed by atoms with Crippen molar-refractivity contribution in [2.45, 2.75) is 70.7 Å². The maximum atomic E-state index is 13.5. The minimum atomic E-state index is -0.892. The van der Waals surface area contributed by atoms with Gasteiger partial charge in [0, 0.05) is 26.2 Å². The minimum Gasteiger partial charge on any atom is -0.457 e. The molecule has 0 bridgehead atoms. The molecule has 0 radical (unpaired) electrons. The average molecular weight is 530 g/mol. The first-order chi connectivity index (χ1) is 17.3. The Kier molecular flexibility index (Phi) is 9.99. The van der Waals surface area contributed by atoms with Gasteiger partial charge in [-0.1, -0.05) is 57.5 Å². The highest BCUT2D eigenvalue weighted by molar-refractivity contribution is 6.00. The summed E-state index contributed by atoms with van der Waals surface area (Å²) in [5, 5.41) is 13.5. The number of ether oxygens (including phenoxy) is 1. The number of hydrogen-bond acceptors (Lipinski definition) is 5. The Balaban J connectivity index is 0.00000380. The van der Waals surface area contributed by atoms with Crippen LogP contribution in [0.4, 0.5) is 0 Å². The molecule has 0 aliphatic carbocycles. The lowest BCUT2D eigenvalue weighted by molar-refractivity contribution is -0.165. The monoisotopic (exact) mass is 529 g/mol. The molecule has 37 heavy (non-hydrogen) atoms. The molecule has 2 aliphatic heterocycles. The number of nitrogens with zero attached hydrogens (tertiary/aromatic N) is 2. The summed E-state index contributed by atoms with van der Waals surface area (Å²) in [6, 6.07) is 17.0. The Bertz CT molecular complexity index is 1020. The average Bonchev–Trinajstić information content (AvgIpc) is 2.89. The molecule has 0 unspecified atom stereocenters. The quantitative estimate of drug-likeness (QED) is 0.504. The first kappa shape index (κ1) is 29.0. The lowest BCUT2D eigenvalue weighted by Gasteiger charge is -2.52. The van der Waals surface area contributed by atoms with Crippen LogP contribution >= 0.6 is 12.4 Å². The van der Waals surface area contributed by atoms with Gasteiger partial charge in [0.2, 0.25) is 11.8 Å². The van der Waals surface area contributed by atoms with E-state index in [-0.39, 0.29) is 30.1 Å². The molecular weight excluding hydrogens is 490 g/mol. The van der Waals surface area contributed by atoms with Crippen LogP contribution in [0.25, 0.3) is 0 Å². The SMILES string of the molecule is CCCCN1C(=O)[C@H]([C@H](O)C(C)C)NC(=O)C12CCN(Cc1ccc(Oc3ccccc3)cc1)CC2.Cl. The summed E-state index contributed by atoms with van der Waals surface area (Å²) in [7, 11) is 0. The van der Waals surface area contributed by atoms with E-state index in [2.05, 4.69) is 29.3 Å². The van der Waals surface area contributed by atoms with Crippen LogP contribution < -0.4 is 10.1 Å². The summed E-state index contributed by atoms with van der Waals surface area (Å²) in [6.45, 7) is 8.59. The van der Waals surface area contributed by atoms with Crippen LogP contribution in [0.15, 0.2) is 54.6 Å². The normalized spacial score (nSPS) is 20.5. The lowest BCUT2D eigenvalue weighted by Crippen LogP contribution is -2.74. The number of para-hydroxylation sites is 1. The number of piperazine rings is 1. The Labute approximate surface area is 226 Å². The Morgan fingerprint density at radius 1 is 1.03 bits per heavy atom. The maximum absolute atomic E-state index is 13.5. The summed E-state index contributed by atoms with van der Waals surface area (Å²) in [4.78, 5) is 31.0. The van der Waals surface area contributed by atoms with E-state index >= 15 is 0 Å². The van der Waals surface area contributed by atoms with Crippen LogP contribution in [0.3, 0.4) is 0 Å². The van der Waals surface area contributed by atoms with Crippen molar-refractivity contribution in [2.75, 3.05) is 19.6 Å². The number of benzene rings is 2. The number of amides is 2. The molecule has 2 heterocycles. The maximum Gasteiger partial charge on any atom is 0.248 e. The van der Waals surface area contributed by atoms with Gasteiger partial charge in [-0.3, -0.25) is 14.5 Å². The van der Waals surface area contributed by atoms with Crippen molar-refractivity contribution in [1.29, 1.82) is 0 Å². The number of unbranched alkanes of at least 4 members (excludes halogenated alkanes) is 1. The molecule has 2 atom stereocenters. The number of hydrogen-bond donors (Lipinski definition) is 2. The molecule has 1 spiro atoms. The third-order valence-corrected chi connectivity index (χ3v) is 7.51. The van der Waals surface area contributed by atoms with E-state index in [1.54, 1.807) is 4.90 Å². The van der Waals surface area contributed by atoms with Gasteiger partial charge < -0.3 is 20.1 Å². The van der Waals surface area contributed by atoms with E-state index in [0.717, 1.165) is 44.0 Å². The van der Waals surface area contributed by atoms with E-state index in [0.29, 0.717) is 19.4 Å². The molecule has 7 nitrogen and oxygen atoms in total. The molecule has 2 saturated heterocycles. The van der Waals surface area contributed by atoms with Gasteiger partial charge in [0.15, 0.2) is 0 Å². The second-order valence-electron chi connectivity index (χ2n) is 10.4. The number of aliphatic hydroxyl groups excluding tert-OH is 1. The fourth-order valence-electron chi connectivity index (χ4n) is 5.22. The smallest absolute Gasteiger partial charge is 0.248 e. The second-order valence-corrected chi connectivity index (χ2v) is 10.4. The third kappa shape index (κ3) is 6.46. The minimum absolute atomic E-state index is 0. The second kappa shape index (κ2) is 12.8. The highest BCUT2D eigenvalue weighted by Gasteiger charge is 2.54. The molecule has 2 aliphatic rings. The molecule has 2 N–H and O–H groups in total. The van der Waals surface area contributed by atoms with Crippen LogP contribution in [-0.4, -0.2) is 64.0 Å². The van der Waals surface area contributed by atoms with Gasteiger partial charge in [-0.05, 0) is 55.0 Å². The summed E-state index contributed by atoms with van der Waals surface area (Å²) in [5.74, 6) is 1.22. The van der Waals surface area contributed by atoms with E-state index in [1.807, 2.05) is 56.3 Å². The topological polar surface area (TPSA) is 82.1 Å². The molecular formula is C29H40ClN3O4. The molecule has 4 rings (SSSR count). The number of rotatable bonds is 9. The Hall–Kier alpha value is -2.61. The third-order valence-electron chi connectivity index (χ3n) is 7.51. The first-order valence-corrected chi connectivity index (χ1v) is 13.2. The van der Waals surface area contributed by atoms with Gasteiger partial charge in [0.1, 0.15) is 23.1 Å². The zero-order valence-corrected chi connectivity index (χ0v) is 22.9. The van der Waals surface area contributed by atoms with Crippen LogP contribution in [0.2, 0.25) is 0 Å². The van der Waals surface area contributed by atoms with Gasteiger partial charge in [-0.15, -0.1) is 12.4 Å². The predicted octanol–water partition coefficient (Wildman–Crippen LogP) is 4.38. The zero-order valence-electron chi connectivity index (χ0n) is 22.1. The molecule has 202 valence electrons. The van der Waals surface area contributed by atoms with Gasteiger partial charge in [-0.2, -0.15) is 0 Å². The number of piperidine rings is 1. The number of halogens is 1. The van der Waals surface area contributed by atoms with Crippen LogP contribution in [0.1, 0.15) is 52.0 Å². The largest absolute Gasteiger partial charge is 0.457 e. The summed E-state index contributed by atoms with van der Waals surface area (Å²) in [5.41, 5.74) is 0.349. The highest BCUT2D eigenvalue weighted by Crippen LogP contribution is 2.35. The molecule has 2 aromatic carbocycles. The van der Waals surface area contributed by atoms with Crippen LogP contribution in [-0.2, 0) is 16.1 Å². The van der Waals surface area contributed by atoms with Crippen LogP contribution in [0.5, 0.6) is 11.5 Å². The summed E-state index contributed by atoms with van der Waals surface area (Å²) >= 11 is 0. The van der Waals surface area contributed by atoms with Gasteiger partial charge in [0.05, 0.1) is 6.10 Å². The summed E-state index contributed by atoms with van der Waals surface area (Å²) in [6.07, 6.45) is 2.07. The fourth-order valence-corrected chi connectivity index (χ4v) is 5.22. The number of aliphatic hydroxyl groups is 1. The fraction of sp³-hybridized carbons (Fsp3) is 0.517. The molecule has 0 saturated carbocycles. The molecule has 2 amide bonds. The first-order valence-electron chi connectivity index (χ1n) is 13.2. The number of likely N-dealkylation sites (tertiary alicyclic amines) is 1. The van der Waals surface area contributed by atoms with E-state index in [4.69, 9.17) is 4.74 Å². The number of nitrogens with one attached hydrogen (secondary N) is 1. The van der Waals surface area contributed by atoms with Crippen molar-refractivity contribution in [3.63, 3.8) is 0 Å². The van der Waals surface area contributed by atoms with Crippen LogP contribution in [0, 0.1) is 5.92 Å². The molecule has 2 fully saturated rings. The zero-order chi connectivity index (χ0) is 25.7. The predicted molar refractivity (Wildman–Crippen MR) is 147 cm³/mol. The number of carbonyl (C=O) groups is 2. The van der Waals surface area contributed by atoms with Gasteiger partial charge in [0.25, 0.3) is 0 Å². The van der Waals surface area contributed by atoms with E-state index < -0.39 is 17.7 Å². The van der Waals surface area contributed by atoms with Crippen molar-refractivity contribution in [1.82, 2.24) is 15.1 Å². The number of carbonyl (C=O) groups excluding carboxylic acids is 2. The Morgan fingerprint density at radius 2 is 1.65 bits per heavy atom. The van der Waals surface area contributed by atoms with E-state index in [9.17, 15) is 14.7 Å². The van der Waals surface area contributed by atoms with Crippen molar-refractivity contribution in [3.05, 3.63) is 60.2 Å². The van der Waals surface area contributed by atoms with Gasteiger partial charge in [-0.25, -0.2) is 0 Å². The lowest BCUT2D eigenvalue weighted by atomic mass is 9.80. The van der Waals surface area contributed by atoms with Crippen molar-refractivity contribution in [2.24, 2.45) is 5.92 Å². The standard InChI is InChI=1S/C29H39N3O4.ClH/c1-4-5-17-32-27(34)25(26(33)21(2)3)30-28(35)29(32)15-18-31(19-16-29)20-22-11-13-24(14-12-22)36-23-9-7-6-8-10-23;/h6-14,21,25-26,33H,4-5,15-20H2,1-3H3,(H,30,35);1H/t25-,26+;/m0./s1. The summed E-state index contributed by atoms with van der Waals surface area (Å²) < 4.78 is 5.89. The van der Waals surface area contributed by atoms with Crippen molar-refractivity contribution >= 4 is 24.2 Å². The van der Waals surface area contributed by atoms with E-state index in [1.165, 1.54) is 5.56 Å². The van der Waals surface area contributed by atoms with Crippen molar-refractivity contribution < 1.29 is 19.4 Å².